The van der Waals surface area contributed by atoms with Crippen LogP contribution in [0.5, 0.6) is 0 Å². The molecule has 5 rings (SSSR count). The van der Waals surface area contributed by atoms with Crippen molar-refractivity contribution in [3.63, 3.8) is 0 Å². The summed E-state index contributed by atoms with van der Waals surface area (Å²) in [5, 5.41) is 4.43. The molecule has 0 heterocycles. The number of amides is 1. The van der Waals surface area contributed by atoms with Crippen LogP contribution in [0.3, 0.4) is 0 Å². The van der Waals surface area contributed by atoms with E-state index in [4.69, 9.17) is 0 Å². The van der Waals surface area contributed by atoms with Gasteiger partial charge in [-0.15, -0.1) is 0 Å². The third-order valence-electron chi connectivity index (χ3n) is 6.65. The number of benzene rings is 1. The van der Waals surface area contributed by atoms with Gasteiger partial charge in [0.2, 0.25) is 5.91 Å². The molecule has 134 valence electrons. The second-order valence-electron chi connectivity index (χ2n) is 8.78. The lowest BCUT2D eigenvalue weighted by Crippen LogP contribution is -2.52. The monoisotopic (exact) mass is 339 g/mol. The zero-order valence-electron chi connectivity index (χ0n) is 15.6. The molecule has 0 saturated heterocycles. The van der Waals surface area contributed by atoms with Gasteiger partial charge in [0, 0.05) is 19.8 Å². The van der Waals surface area contributed by atoms with E-state index in [0.29, 0.717) is 0 Å². The van der Waals surface area contributed by atoms with Gasteiger partial charge < -0.3 is 4.90 Å². The largest absolute Gasteiger partial charge is 0.378 e. The Hall–Kier alpha value is -1.84. The molecular formula is C21H29N3O. The number of hydrogen-bond acceptors (Lipinski definition) is 3. The van der Waals surface area contributed by atoms with E-state index in [-0.39, 0.29) is 11.3 Å². The summed E-state index contributed by atoms with van der Waals surface area (Å²) in [6, 6.07) is 8.28. The standard InChI is InChI=1S/C21H29N3O/c1-14(18-4-6-19(7-5-18)24(2)3)22-23-20(25)21-11-15-8-16(12-21)10-17(9-15)13-21/h4-7,15-17H,8-13H2,1-3H3,(H,23,25). The Morgan fingerprint density at radius 2 is 1.56 bits per heavy atom. The number of carbonyl (C=O) groups is 1. The number of rotatable bonds is 4. The van der Waals surface area contributed by atoms with Crippen LogP contribution in [0.1, 0.15) is 51.0 Å². The van der Waals surface area contributed by atoms with E-state index in [1.54, 1.807) is 0 Å². The molecule has 1 N–H and O–H groups in total. The molecule has 25 heavy (non-hydrogen) atoms. The van der Waals surface area contributed by atoms with Gasteiger partial charge in [0.15, 0.2) is 0 Å². The molecule has 0 unspecified atom stereocenters. The highest BCUT2D eigenvalue weighted by Crippen LogP contribution is 2.60. The Morgan fingerprint density at radius 3 is 2.04 bits per heavy atom. The normalized spacial score (nSPS) is 33.4. The van der Waals surface area contributed by atoms with Crippen LogP contribution < -0.4 is 10.3 Å². The minimum Gasteiger partial charge on any atom is -0.378 e. The van der Waals surface area contributed by atoms with Crippen LogP contribution >= 0.6 is 0 Å². The average Bonchev–Trinajstić information content (AvgIpc) is 2.58. The minimum absolute atomic E-state index is 0.132. The number of carbonyl (C=O) groups excluding carboxylic acids is 1. The highest BCUT2D eigenvalue weighted by molar-refractivity contribution is 5.99. The quantitative estimate of drug-likeness (QED) is 0.670. The lowest BCUT2D eigenvalue weighted by molar-refractivity contribution is -0.146. The van der Waals surface area contributed by atoms with Crippen molar-refractivity contribution >= 4 is 17.3 Å². The SMILES string of the molecule is CC(=NNC(=O)C12CC3CC(CC(C3)C1)C2)c1ccc(N(C)C)cc1. The van der Waals surface area contributed by atoms with Crippen LogP contribution in [0.15, 0.2) is 29.4 Å². The molecule has 4 heteroatoms. The molecule has 4 aliphatic carbocycles. The van der Waals surface area contributed by atoms with Crippen molar-refractivity contribution in [2.24, 2.45) is 28.3 Å². The molecule has 1 aromatic carbocycles. The van der Waals surface area contributed by atoms with Gasteiger partial charge in [-0.25, -0.2) is 5.43 Å². The fraction of sp³-hybridized carbons (Fsp3) is 0.619. The predicted molar refractivity (Wildman–Crippen MR) is 102 cm³/mol. The molecule has 4 saturated carbocycles. The summed E-state index contributed by atoms with van der Waals surface area (Å²) in [7, 11) is 4.06. The Balaban J connectivity index is 1.45. The zero-order valence-corrected chi connectivity index (χ0v) is 15.6. The van der Waals surface area contributed by atoms with Crippen LogP contribution in [-0.4, -0.2) is 25.7 Å². The first-order chi connectivity index (χ1) is 11.9. The second kappa shape index (κ2) is 6.15. The van der Waals surface area contributed by atoms with Crippen molar-refractivity contribution < 1.29 is 4.79 Å². The first kappa shape index (κ1) is 16.6. The number of anilines is 1. The van der Waals surface area contributed by atoms with Gasteiger partial charge >= 0.3 is 0 Å². The van der Waals surface area contributed by atoms with Crippen molar-refractivity contribution in [3.05, 3.63) is 29.8 Å². The summed E-state index contributed by atoms with van der Waals surface area (Å²) in [5.74, 6) is 2.50. The van der Waals surface area contributed by atoms with E-state index in [0.717, 1.165) is 54.0 Å². The molecule has 4 bridgehead atoms. The maximum Gasteiger partial charge on any atom is 0.246 e. The maximum atomic E-state index is 13.0. The van der Waals surface area contributed by atoms with E-state index in [1.807, 2.05) is 21.0 Å². The first-order valence-corrected chi connectivity index (χ1v) is 9.58. The molecule has 0 spiro atoms. The molecule has 4 aliphatic rings. The van der Waals surface area contributed by atoms with Crippen LogP contribution in [0.4, 0.5) is 5.69 Å². The summed E-state index contributed by atoms with van der Waals surface area (Å²) in [4.78, 5) is 15.0. The number of hydrazone groups is 1. The van der Waals surface area contributed by atoms with Crippen molar-refractivity contribution in [3.8, 4) is 0 Å². The van der Waals surface area contributed by atoms with E-state index < -0.39 is 0 Å². The average molecular weight is 339 g/mol. The lowest BCUT2D eigenvalue weighted by Gasteiger charge is -2.55. The topological polar surface area (TPSA) is 44.7 Å². The van der Waals surface area contributed by atoms with Crippen LogP contribution in [0.25, 0.3) is 0 Å². The molecule has 0 atom stereocenters. The molecule has 4 nitrogen and oxygen atoms in total. The number of hydrogen-bond donors (Lipinski definition) is 1. The smallest absolute Gasteiger partial charge is 0.246 e. The Bertz CT molecular complexity index is 654. The van der Waals surface area contributed by atoms with E-state index in [9.17, 15) is 4.79 Å². The Kier molecular flexibility index (Phi) is 4.09. The lowest BCUT2D eigenvalue weighted by atomic mass is 9.49. The highest BCUT2D eigenvalue weighted by Gasteiger charge is 2.54. The number of nitrogens with zero attached hydrogens (tertiary/aromatic N) is 2. The summed E-state index contributed by atoms with van der Waals surface area (Å²) >= 11 is 0. The van der Waals surface area contributed by atoms with Gasteiger partial charge in [-0.1, -0.05) is 12.1 Å². The first-order valence-electron chi connectivity index (χ1n) is 9.58. The molecule has 0 aliphatic heterocycles. The van der Waals surface area contributed by atoms with E-state index in [2.05, 4.69) is 39.7 Å². The van der Waals surface area contributed by atoms with Crippen molar-refractivity contribution in [1.82, 2.24) is 5.43 Å². The van der Waals surface area contributed by atoms with Gasteiger partial charge in [-0.3, -0.25) is 4.79 Å². The fourth-order valence-corrected chi connectivity index (χ4v) is 5.71. The molecular weight excluding hydrogens is 310 g/mol. The summed E-state index contributed by atoms with van der Waals surface area (Å²) in [6.07, 6.45) is 7.30. The predicted octanol–water partition coefficient (Wildman–Crippen LogP) is 3.81. The Labute approximate surface area is 150 Å². The third-order valence-corrected chi connectivity index (χ3v) is 6.65. The highest BCUT2D eigenvalue weighted by atomic mass is 16.2. The van der Waals surface area contributed by atoms with Gasteiger partial charge in [-0.05, 0) is 80.9 Å². The van der Waals surface area contributed by atoms with Gasteiger partial charge in [0.1, 0.15) is 0 Å². The van der Waals surface area contributed by atoms with Crippen LogP contribution in [0, 0.1) is 23.2 Å². The summed E-state index contributed by atoms with van der Waals surface area (Å²) in [6.45, 7) is 1.96. The molecule has 4 fully saturated rings. The third kappa shape index (κ3) is 3.07. The minimum atomic E-state index is -0.132. The fourth-order valence-electron chi connectivity index (χ4n) is 5.71. The Morgan fingerprint density at radius 1 is 1.04 bits per heavy atom. The molecule has 0 aromatic heterocycles. The molecule has 1 amide bonds. The summed E-state index contributed by atoms with van der Waals surface area (Å²) < 4.78 is 0. The van der Waals surface area contributed by atoms with Gasteiger partial charge in [-0.2, -0.15) is 5.10 Å². The second-order valence-corrected chi connectivity index (χ2v) is 8.78. The van der Waals surface area contributed by atoms with Gasteiger partial charge in [0.05, 0.1) is 11.1 Å². The number of nitrogens with one attached hydrogen (secondary N) is 1. The van der Waals surface area contributed by atoms with Crippen LogP contribution in [0.2, 0.25) is 0 Å². The van der Waals surface area contributed by atoms with Crippen molar-refractivity contribution in [2.75, 3.05) is 19.0 Å². The zero-order chi connectivity index (χ0) is 17.6. The maximum absolute atomic E-state index is 13.0. The van der Waals surface area contributed by atoms with Crippen molar-refractivity contribution in [1.29, 1.82) is 0 Å². The molecule has 0 radical (unpaired) electrons. The summed E-state index contributed by atoms with van der Waals surface area (Å²) in [5.41, 5.74) is 5.86. The van der Waals surface area contributed by atoms with Crippen LogP contribution in [-0.2, 0) is 4.79 Å². The molecule has 1 aromatic rings. The van der Waals surface area contributed by atoms with Crippen molar-refractivity contribution in [2.45, 2.75) is 45.4 Å². The van der Waals surface area contributed by atoms with E-state index >= 15 is 0 Å². The van der Waals surface area contributed by atoms with Gasteiger partial charge in [0.25, 0.3) is 0 Å². The van der Waals surface area contributed by atoms with E-state index in [1.165, 1.54) is 19.3 Å².